The molecule has 1 saturated heterocycles. The van der Waals surface area contributed by atoms with Crippen LogP contribution >= 0.6 is 0 Å². The Morgan fingerprint density at radius 1 is 1.38 bits per heavy atom. The first-order chi connectivity index (χ1) is 11.4. The molecule has 0 radical (unpaired) electrons. The zero-order valence-corrected chi connectivity index (χ0v) is 15.8. The van der Waals surface area contributed by atoms with Gasteiger partial charge in [0, 0.05) is 24.3 Å². The van der Waals surface area contributed by atoms with Crippen molar-refractivity contribution < 1.29 is 9.53 Å². The van der Waals surface area contributed by atoms with E-state index in [1.54, 1.807) is 7.11 Å². The number of benzene rings is 1. The van der Waals surface area contributed by atoms with Gasteiger partial charge in [0.2, 0.25) is 0 Å². The van der Waals surface area contributed by atoms with E-state index in [4.69, 9.17) is 4.74 Å². The molecule has 1 unspecified atom stereocenters. The second-order valence-corrected chi connectivity index (χ2v) is 8.12. The Morgan fingerprint density at radius 3 is 2.79 bits per heavy atom. The van der Waals surface area contributed by atoms with Crippen LogP contribution in [0, 0.1) is 5.41 Å². The van der Waals surface area contributed by atoms with Gasteiger partial charge in [0.1, 0.15) is 11.5 Å². The van der Waals surface area contributed by atoms with E-state index in [2.05, 4.69) is 44.0 Å². The summed E-state index contributed by atoms with van der Waals surface area (Å²) in [5.41, 5.74) is 3.11. The summed E-state index contributed by atoms with van der Waals surface area (Å²) >= 11 is 0. The molecule has 0 N–H and O–H groups in total. The smallest absolute Gasteiger partial charge is 0.132 e. The number of Topliss-reactive ketones (excluding diaryl/α,β-unsaturated/α-hetero) is 1. The second-order valence-electron chi connectivity index (χ2n) is 8.12. The third-order valence-corrected chi connectivity index (χ3v) is 7.13. The van der Waals surface area contributed by atoms with Crippen LogP contribution in [0.2, 0.25) is 0 Å². The molecule has 2 bridgehead atoms. The van der Waals surface area contributed by atoms with Gasteiger partial charge in [0.05, 0.1) is 7.11 Å². The van der Waals surface area contributed by atoms with Crippen molar-refractivity contribution in [3.8, 4) is 5.75 Å². The van der Waals surface area contributed by atoms with Crippen LogP contribution in [0.15, 0.2) is 18.2 Å². The predicted octanol–water partition coefficient (Wildman–Crippen LogP) is 3.98. The molecular formula is C21H31NO2. The summed E-state index contributed by atoms with van der Waals surface area (Å²) in [7, 11) is 3.99. The number of hydrogen-bond donors (Lipinski definition) is 0. The normalized spacial score (nSPS) is 32.3. The molecule has 1 aliphatic carbocycles. The molecule has 0 spiro atoms. The lowest BCUT2D eigenvalue weighted by Gasteiger charge is -2.62. The molecule has 3 rings (SSSR count). The molecule has 3 heteroatoms. The van der Waals surface area contributed by atoms with Gasteiger partial charge in [0.15, 0.2) is 0 Å². The van der Waals surface area contributed by atoms with Crippen LogP contribution in [0.5, 0.6) is 5.75 Å². The maximum Gasteiger partial charge on any atom is 0.132 e. The number of ether oxygens (including phenoxy) is 1. The molecular weight excluding hydrogens is 298 g/mol. The zero-order chi connectivity index (χ0) is 17.5. The van der Waals surface area contributed by atoms with Gasteiger partial charge >= 0.3 is 0 Å². The largest absolute Gasteiger partial charge is 0.497 e. The maximum atomic E-state index is 12.0. The van der Waals surface area contributed by atoms with Crippen LogP contribution < -0.4 is 4.74 Å². The van der Waals surface area contributed by atoms with Crippen LogP contribution in [0.1, 0.15) is 57.6 Å². The number of rotatable bonds is 5. The third-order valence-electron chi connectivity index (χ3n) is 7.13. The number of hydrogen-bond acceptors (Lipinski definition) is 3. The fourth-order valence-electron chi connectivity index (χ4n) is 5.12. The van der Waals surface area contributed by atoms with Crippen molar-refractivity contribution >= 4 is 5.78 Å². The third kappa shape index (κ3) is 2.48. The molecule has 3 nitrogen and oxygen atoms in total. The molecule has 1 aromatic rings. The van der Waals surface area contributed by atoms with Crippen LogP contribution in [0.4, 0.5) is 0 Å². The topological polar surface area (TPSA) is 29.5 Å². The Kier molecular flexibility index (Phi) is 4.50. The fourth-order valence-corrected chi connectivity index (χ4v) is 5.12. The minimum atomic E-state index is 0.0975. The van der Waals surface area contributed by atoms with E-state index < -0.39 is 0 Å². The van der Waals surface area contributed by atoms with Gasteiger partial charge < -0.3 is 9.64 Å². The Bertz CT molecular complexity index is 641. The Hall–Kier alpha value is -1.35. The maximum absolute atomic E-state index is 12.0. The molecule has 0 amide bonds. The number of ketones is 1. The minimum absolute atomic E-state index is 0.0975. The summed E-state index contributed by atoms with van der Waals surface area (Å²) in [5.74, 6) is 1.33. The highest BCUT2D eigenvalue weighted by molar-refractivity contribution is 5.78. The summed E-state index contributed by atoms with van der Waals surface area (Å²) in [4.78, 5) is 14.5. The Morgan fingerprint density at radius 2 is 2.12 bits per heavy atom. The van der Waals surface area contributed by atoms with Crippen molar-refractivity contribution in [2.75, 3.05) is 20.7 Å². The van der Waals surface area contributed by atoms with Crippen molar-refractivity contribution in [3.05, 3.63) is 29.3 Å². The van der Waals surface area contributed by atoms with Crippen LogP contribution in [0.3, 0.4) is 0 Å². The van der Waals surface area contributed by atoms with E-state index in [1.165, 1.54) is 11.1 Å². The van der Waals surface area contributed by atoms with E-state index in [9.17, 15) is 4.79 Å². The van der Waals surface area contributed by atoms with Gasteiger partial charge in [-0.05, 0) is 61.5 Å². The number of likely N-dealkylation sites (tertiary alicyclic amines) is 1. The second kappa shape index (κ2) is 6.18. The summed E-state index contributed by atoms with van der Waals surface area (Å²) in [6.07, 6.45) is 4.53. The first-order valence-corrected chi connectivity index (χ1v) is 9.25. The molecule has 132 valence electrons. The van der Waals surface area contributed by atoms with E-state index in [0.717, 1.165) is 31.6 Å². The lowest BCUT2D eigenvalue weighted by atomic mass is 9.49. The van der Waals surface area contributed by atoms with E-state index in [-0.39, 0.29) is 10.8 Å². The number of likely N-dealkylation sites (N-methyl/N-ethyl adjacent to an activating group) is 1. The van der Waals surface area contributed by atoms with Gasteiger partial charge in [-0.3, -0.25) is 4.79 Å². The minimum Gasteiger partial charge on any atom is -0.497 e. The number of fused-ring (bicyclic) bond motifs is 4. The van der Waals surface area contributed by atoms with E-state index in [0.29, 0.717) is 24.7 Å². The van der Waals surface area contributed by atoms with Crippen molar-refractivity contribution in [2.24, 2.45) is 5.41 Å². The van der Waals surface area contributed by atoms with Gasteiger partial charge in [-0.15, -0.1) is 0 Å². The Labute approximate surface area is 146 Å². The van der Waals surface area contributed by atoms with Crippen molar-refractivity contribution in [2.45, 2.75) is 64.3 Å². The number of piperidine rings is 1. The van der Waals surface area contributed by atoms with Crippen LogP contribution in [0.25, 0.3) is 0 Å². The quantitative estimate of drug-likeness (QED) is 0.818. The average Bonchev–Trinajstić information content (AvgIpc) is 2.59. The lowest BCUT2D eigenvalue weighted by Crippen LogP contribution is -2.64. The molecule has 3 atom stereocenters. The Balaban J connectivity index is 2.06. The summed E-state index contributed by atoms with van der Waals surface area (Å²) in [5, 5.41) is 0. The zero-order valence-electron chi connectivity index (χ0n) is 15.8. The standard InChI is InChI=1S/C21H31NO2/c1-6-16(23)9-10-21(3)19-13-15-7-8-17(24-5)14-18(15)20(21,2)11-12-22(19)4/h7-8,14,19H,6,9-13H2,1-5H3/t19?,20-,21-/m1/s1. The molecule has 1 aliphatic heterocycles. The number of carbonyl (C=O) groups is 1. The highest BCUT2D eigenvalue weighted by Crippen LogP contribution is 2.58. The molecule has 0 saturated carbocycles. The summed E-state index contributed by atoms with van der Waals surface area (Å²) < 4.78 is 5.50. The van der Waals surface area contributed by atoms with Gasteiger partial charge in [-0.1, -0.05) is 26.8 Å². The SMILES string of the molecule is CCC(=O)CC[C@]1(C)C2Cc3ccc(OC)cc3[C@@]1(C)CCN2C. The fraction of sp³-hybridized carbons (Fsp3) is 0.667. The molecule has 1 heterocycles. The summed E-state index contributed by atoms with van der Waals surface area (Å²) in [6.45, 7) is 7.93. The predicted molar refractivity (Wildman–Crippen MR) is 97.7 cm³/mol. The lowest BCUT2D eigenvalue weighted by molar-refractivity contribution is -0.120. The highest BCUT2D eigenvalue weighted by Gasteiger charge is 2.57. The number of carbonyl (C=O) groups excluding carboxylic acids is 1. The molecule has 24 heavy (non-hydrogen) atoms. The highest BCUT2D eigenvalue weighted by atomic mass is 16.5. The molecule has 1 fully saturated rings. The molecule has 2 aliphatic rings. The molecule has 0 aromatic heterocycles. The van der Waals surface area contributed by atoms with Gasteiger partial charge in [-0.2, -0.15) is 0 Å². The van der Waals surface area contributed by atoms with Gasteiger partial charge in [0.25, 0.3) is 0 Å². The first-order valence-electron chi connectivity index (χ1n) is 9.25. The van der Waals surface area contributed by atoms with Crippen LogP contribution in [-0.2, 0) is 16.6 Å². The van der Waals surface area contributed by atoms with E-state index in [1.807, 2.05) is 6.92 Å². The number of nitrogens with zero attached hydrogens (tertiary/aromatic N) is 1. The molecule has 1 aromatic carbocycles. The van der Waals surface area contributed by atoms with E-state index >= 15 is 0 Å². The number of methoxy groups -OCH3 is 1. The van der Waals surface area contributed by atoms with Crippen LogP contribution in [-0.4, -0.2) is 37.4 Å². The summed E-state index contributed by atoms with van der Waals surface area (Å²) in [6, 6.07) is 7.08. The van der Waals surface area contributed by atoms with Crippen molar-refractivity contribution in [1.29, 1.82) is 0 Å². The van der Waals surface area contributed by atoms with Crippen molar-refractivity contribution in [1.82, 2.24) is 4.90 Å². The first kappa shape index (κ1) is 17.5. The van der Waals surface area contributed by atoms with Gasteiger partial charge in [-0.25, -0.2) is 0 Å². The monoisotopic (exact) mass is 329 g/mol. The van der Waals surface area contributed by atoms with Crippen molar-refractivity contribution in [3.63, 3.8) is 0 Å². The average molecular weight is 329 g/mol.